The fraction of sp³-hybridized carbons (Fsp3) is 0.450. The second kappa shape index (κ2) is 7.52. The molecule has 1 saturated carbocycles. The quantitative estimate of drug-likeness (QED) is 0.896. The van der Waals surface area contributed by atoms with Gasteiger partial charge >= 0.3 is 0 Å². The van der Waals surface area contributed by atoms with Crippen LogP contribution in [0.15, 0.2) is 34.9 Å². The van der Waals surface area contributed by atoms with Crippen LogP contribution < -0.4 is 5.32 Å². The maximum atomic E-state index is 12.2. The van der Waals surface area contributed by atoms with Crippen molar-refractivity contribution in [3.8, 4) is 17.4 Å². The molecule has 5 heteroatoms. The average Bonchev–Trinajstić information content (AvgIpc) is 3.10. The van der Waals surface area contributed by atoms with Gasteiger partial charge in [0.1, 0.15) is 5.54 Å². The lowest BCUT2D eigenvalue weighted by molar-refractivity contribution is -0.122. The molecule has 0 spiro atoms. The minimum absolute atomic E-state index is 0.112. The summed E-state index contributed by atoms with van der Waals surface area (Å²) in [6.45, 7) is 2.04. The first kappa shape index (κ1) is 17.2. The van der Waals surface area contributed by atoms with Crippen LogP contribution in [0.4, 0.5) is 0 Å². The Bertz CT molecular complexity index is 765. The highest BCUT2D eigenvalue weighted by Gasteiger charge is 2.33. The summed E-state index contributed by atoms with van der Waals surface area (Å²) >= 11 is 0. The predicted molar refractivity (Wildman–Crippen MR) is 94.6 cm³/mol. The van der Waals surface area contributed by atoms with Gasteiger partial charge in [0.2, 0.25) is 5.91 Å². The lowest BCUT2D eigenvalue weighted by Gasteiger charge is -2.31. The first-order valence-corrected chi connectivity index (χ1v) is 8.84. The van der Waals surface area contributed by atoms with E-state index in [1.165, 1.54) is 5.56 Å². The molecule has 2 aromatic rings. The zero-order chi connectivity index (χ0) is 17.7. The van der Waals surface area contributed by atoms with Crippen LogP contribution in [0.2, 0.25) is 0 Å². The summed E-state index contributed by atoms with van der Waals surface area (Å²) in [4.78, 5) is 16.5. The number of hydrogen-bond donors (Lipinski definition) is 1. The Labute approximate surface area is 148 Å². The number of aromatic nitrogens is 1. The van der Waals surface area contributed by atoms with Gasteiger partial charge in [-0.05, 0) is 19.8 Å². The summed E-state index contributed by atoms with van der Waals surface area (Å²) in [5.41, 5.74) is 1.48. The molecule has 1 aliphatic carbocycles. The second-order valence-electron chi connectivity index (χ2n) is 6.79. The molecule has 0 unspecified atom stereocenters. The fourth-order valence-corrected chi connectivity index (χ4v) is 3.25. The van der Waals surface area contributed by atoms with Crippen molar-refractivity contribution in [1.29, 1.82) is 5.26 Å². The molecule has 0 bridgehead atoms. The van der Waals surface area contributed by atoms with Gasteiger partial charge in [-0.3, -0.25) is 4.79 Å². The van der Waals surface area contributed by atoms with Crippen molar-refractivity contribution in [2.75, 3.05) is 0 Å². The molecule has 25 heavy (non-hydrogen) atoms. The summed E-state index contributed by atoms with van der Waals surface area (Å²) < 4.78 is 5.75. The average molecular weight is 337 g/mol. The number of carbonyl (C=O) groups is 1. The molecule has 0 radical (unpaired) electrons. The monoisotopic (exact) mass is 337 g/mol. The molecule has 0 atom stereocenters. The van der Waals surface area contributed by atoms with E-state index < -0.39 is 5.54 Å². The molecule has 5 nitrogen and oxygen atoms in total. The van der Waals surface area contributed by atoms with Crippen molar-refractivity contribution in [3.63, 3.8) is 0 Å². The number of oxazole rings is 1. The van der Waals surface area contributed by atoms with E-state index in [1.54, 1.807) is 6.20 Å². The largest absolute Gasteiger partial charge is 0.441 e. The zero-order valence-corrected chi connectivity index (χ0v) is 14.5. The van der Waals surface area contributed by atoms with Crippen LogP contribution in [-0.4, -0.2) is 16.4 Å². The summed E-state index contributed by atoms with van der Waals surface area (Å²) in [5.74, 6) is 1.13. The minimum Gasteiger partial charge on any atom is -0.441 e. The standard InChI is InChI=1S/C20H23N3O2/c1-15-5-7-16(8-6-15)17-13-22-19(25-17)10-9-18(24)23-20(14-21)11-3-2-4-12-20/h5-8,13H,2-4,9-12H2,1H3,(H,23,24). The molecular weight excluding hydrogens is 314 g/mol. The van der Waals surface area contributed by atoms with Crippen LogP contribution in [-0.2, 0) is 11.2 Å². The number of carbonyl (C=O) groups excluding carboxylic acids is 1. The summed E-state index contributed by atoms with van der Waals surface area (Å²) in [6.07, 6.45) is 7.00. The van der Waals surface area contributed by atoms with E-state index in [2.05, 4.69) is 16.4 Å². The number of nitriles is 1. The maximum absolute atomic E-state index is 12.2. The van der Waals surface area contributed by atoms with E-state index in [1.807, 2.05) is 31.2 Å². The van der Waals surface area contributed by atoms with E-state index in [4.69, 9.17) is 4.42 Å². The molecule has 1 aromatic carbocycles. The van der Waals surface area contributed by atoms with Gasteiger partial charge in [0.25, 0.3) is 0 Å². The number of rotatable bonds is 5. The van der Waals surface area contributed by atoms with Crippen LogP contribution in [0.25, 0.3) is 11.3 Å². The van der Waals surface area contributed by atoms with Crippen molar-refractivity contribution >= 4 is 5.91 Å². The van der Waals surface area contributed by atoms with Crippen LogP contribution in [0.5, 0.6) is 0 Å². The van der Waals surface area contributed by atoms with Gasteiger partial charge < -0.3 is 9.73 Å². The lowest BCUT2D eigenvalue weighted by Crippen LogP contribution is -2.48. The molecular formula is C20H23N3O2. The Balaban J connectivity index is 1.56. The molecule has 1 heterocycles. The highest BCUT2D eigenvalue weighted by molar-refractivity contribution is 5.77. The van der Waals surface area contributed by atoms with Gasteiger partial charge in [0.15, 0.2) is 11.7 Å². The van der Waals surface area contributed by atoms with Gasteiger partial charge in [-0.1, -0.05) is 49.1 Å². The van der Waals surface area contributed by atoms with Gasteiger partial charge in [-0.2, -0.15) is 5.26 Å². The highest BCUT2D eigenvalue weighted by Crippen LogP contribution is 2.27. The van der Waals surface area contributed by atoms with Crippen molar-refractivity contribution in [1.82, 2.24) is 10.3 Å². The summed E-state index contributed by atoms with van der Waals surface area (Å²) in [6, 6.07) is 10.3. The SMILES string of the molecule is Cc1ccc(-c2cnc(CCC(=O)NC3(C#N)CCCCC3)o2)cc1. The van der Waals surface area contributed by atoms with E-state index in [0.717, 1.165) is 37.7 Å². The molecule has 0 saturated heterocycles. The van der Waals surface area contributed by atoms with Gasteiger partial charge in [0, 0.05) is 18.4 Å². The number of benzene rings is 1. The van der Waals surface area contributed by atoms with Crippen molar-refractivity contribution in [2.45, 2.75) is 57.4 Å². The first-order chi connectivity index (χ1) is 12.1. The molecule has 130 valence electrons. The van der Waals surface area contributed by atoms with Crippen LogP contribution in [0.1, 0.15) is 50.0 Å². The van der Waals surface area contributed by atoms with Crippen LogP contribution in [0, 0.1) is 18.3 Å². The number of hydrogen-bond acceptors (Lipinski definition) is 4. The number of aryl methyl sites for hydroxylation is 2. The van der Waals surface area contributed by atoms with Crippen LogP contribution >= 0.6 is 0 Å². The summed E-state index contributed by atoms with van der Waals surface area (Å²) in [5, 5.41) is 12.4. The molecule has 1 aromatic heterocycles. The van der Waals surface area contributed by atoms with Gasteiger partial charge in [0.05, 0.1) is 12.3 Å². The smallest absolute Gasteiger partial charge is 0.221 e. The Morgan fingerprint density at radius 3 is 2.68 bits per heavy atom. The molecule has 3 rings (SSSR count). The maximum Gasteiger partial charge on any atom is 0.221 e. The predicted octanol–water partition coefficient (Wildman–Crippen LogP) is 3.93. The van der Waals surface area contributed by atoms with Crippen molar-refractivity contribution in [3.05, 3.63) is 41.9 Å². The van der Waals surface area contributed by atoms with E-state index in [0.29, 0.717) is 18.1 Å². The Hall–Kier alpha value is -2.61. The highest BCUT2D eigenvalue weighted by atomic mass is 16.4. The van der Waals surface area contributed by atoms with Crippen LogP contribution in [0.3, 0.4) is 0 Å². The first-order valence-electron chi connectivity index (χ1n) is 8.84. The topological polar surface area (TPSA) is 78.9 Å². The summed E-state index contributed by atoms with van der Waals surface area (Å²) in [7, 11) is 0. The molecule has 0 aliphatic heterocycles. The van der Waals surface area contributed by atoms with Crippen molar-refractivity contribution in [2.24, 2.45) is 0 Å². The lowest BCUT2D eigenvalue weighted by atomic mass is 9.83. The minimum atomic E-state index is -0.682. The second-order valence-corrected chi connectivity index (χ2v) is 6.79. The molecule has 1 aliphatic rings. The van der Waals surface area contributed by atoms with Crippen molar-refractivity contribution < 1.29 is 9.21 Å². The fourth-order valence-electron chi connectivity index (χ4n) is 3.25. The Morgan fingerprint density at radius 1 is 1.28 bits per heavy atom. The number of nitrogens with zero attached hydrogens (tertiary/aromatic N) is 2. The third kappa shape index (κ3) is 4.27. The van der Waals surface area contributed by atoms with Gasteiger partial charge in [-0.25, -0.2) is 4.98 Å². The van der Waals surface area contributed by atoms with Gasteiger partial charge in [-0.15, -0.1) is 0 Å². The normalized spacial score (nSPS) is 16.2. The molecule has 1 amide bonds. The Kier molecular flexibility index (Phi) is 5.18. The third-order valence-corrected chi connectivity index (χ3v) is 4.76. The van der Waals surface area contributed by atoms with E-state index in [-0.39, 0.29) is 12.3 Å². The third-order valence-electron chi connectivity index (χ3n) is 4.76. The van der Waals surface area contributed by atoms with E-state index in [9.17, 15) is 10.1 Å². The zero-order valence-electron chi connectivity index (χ0n) is 14.5. The number of amides is 1. The number of nitrogens with one attached hydrogen (secondary N) is 1. The van der Waals surface area contributed by atoms with E-state index >= 15 is 0 Å². The molecule has 1 N–H and O–H groups in total. The molecule has 1 fully saturated rings. The Morgan fingerprint density at radius 2 is 2.00 bits per heavy atom.